The van der Waals surface area contributed by atoms with Crippen molar-refractivity contribution in [3.8, 4) is 0 Å². The number of aryl methyl sites for hydroxylation is 1. The zero-order chi connectivity index (χ0) is 12.4. The van der Waals surface area contributed by atoms with Gasteiger partial charge >= 0.3 is 0 Å². The highest BCUT2D eigenvalue weighted by Gasteiger charge is 2.23. The van der Waals surface area contributed by atoms with Gasteiger partial charge in [-0.15, -0.1) is 0 Å². The number of hydrogen-bond acceptors (Lipinski definition) is 2. The summed E-state index contributed by atoms with van der Waals surface area (Å²) in [6, 6.07) is 2.40. The summed E-state index contributed by atoms with van der Waals surface area (Å²) < 4.78 is 2.15. The van der Waals surface area contributed by atoms with Gasteiger partial charge < -0.3 is 5.32 Å². The third-order valence-electron chi connectivity index (χ3n) is 4.67. The summed E-state index contributed by atoms with van der Waals surface area (Å²) >= 11 is 0. The van der Waals surface area contributed by atoms with E-state index in [1.165, 1.54) is 62.9 Å². The van der Waals surface area contributed by atoms with Crippen LogP contribution in [0.2, 0.25) is 0 Å². The van der Waals surface area contributed by atoms with Crippen LogP contribution in [-0.2, 0) is 7.05 Å². The number of nitrogens with zero attached hydrogens (tertiary/aromatic N) is 2. The van der Waals surface area contributed by atoms with Gasteiger partial charge in [-0.2, -0.15) is 5.10 Å². The van der Waals surface area contributed by atoms with E-state index < -0.39 is 0 Å². The molecule has 1 aromatic rings. The summed E-state index contributed by atoms with van der Waals surface area (Å²) in [6.45, 7) is 2.29. The molecule has 100 valence electrons. The molecular weight excluding hydrogens is 222 g/mol. The van der Waals surface area contributed by atoms with Gasteiger partial charge in [-0.05, 0) is 38.3 Å². The smallest absolute Gasteiger partial charge is 0.0671 e. The molecule has 2 fully saturated rings. The van der Waals surface area contributed by atoms with E-state index >= 15 is 0 Å². The topological polar surface area (TPSA) is 29.9 Å². The van der Waals surface area contributed by atoms with Gasteiger partial charge in [0.25, 0.3) is 0 Å². The van der Waals surface area contributed by atoms with Crippen LogP contribution in [0.25, 0.3) is 0 Å². The molecule has 1 N–H and O–H groups in total. The summed E-state index contributed by atoms with van der Waals surface area (Å²) in [6.07, 6.45) is 9.54. The van der Waals surface area contributed by atoms with Gasteiger partial charge in [0.1, 0.15) is 0 Å². The van der Waals surface area contributed by atoms with Gasteiger partial charge in [-0.25, -0.2) is 0 Å². The minimum Gasteiger partial charge on any atom is -0.316 e. The highest BCUT2D eigenvalue weighted by molar-refractivity contribution is 5.19. The standard InChI is InChI=1S/C15H25N3/c1-18-15(12-6-3-2-4-7-12)10-14(17-18)13-8-5-9-16-11-13/h10,12-13,16H,2-9,11H2,1H3. The molecule has 0 radical (unpaired) electrons. The predicted molar refractivity (Wildman–Crippen MR) is 73.9 cm³/mol. The van der Waals surface area contributed by atoms with Crippen LogP contribution in [0.15, 0.2) is 6.07 Å². The molecule has 1 saturated heterocycles. The van der Waals surface area contributed by atoms with Crippen LogP contribution >= 0.6 is 0 Å². The Morgan fingerprint density at radius 3 is 2.61 bits per heavy atom. The molecule has 3 heteroatoms. The number of hydrogen-bond donors (Lipinski definition) is 1. The van der Waals surface area contributed by atoms with E-state index in [0.29, 0.717) is 5.92 Å². The maximum absolute atomic E-state index is 4.79. The van der Waals surface area contributed by atoms with E-state index in [-0.39, 0.29) is 0 Å². The predicted octanol–water partition coefficient (Wildman–Crippen LogP) is 2.93. The Morgan fingerprint density at radius 2 is 1.89 bits per heavy atom. The van der Waals surface area contributed by atoms with Crippen molar-refractivity contribution in [2.24, 2.45) is 7.05 Å². The Bertz CT molecular complexity index is 384. The number of aromatic nitrogens is 2. The van der Waals surface area contributed by atoms with Crippen molar-refractivity contribution < 1.29 is 0 Å². The second kappa shape index (κ2) is 5.43. The fraction of sp³-hybridized carbons (Fsp3) is 0.800. The van der Waals surface area contributed by atoms with E-state index in [1.807, 2.05) is 0 Å². The van der Waals surface area contributed by atoms with Gasteiger partial charge in [-0.3, -0.25) is 4.68 Å². The van der Waals surface area contributed by atoms with E-state index in [2.05, 4.69) is 23.1 Å². The maximum Gasteiger partial charge on any atom is 0.0671 e. The van der Waals surface area contributed by atoms with Crippen molar-refractivity contribution in [3.63, 3.8) is 0 Å². The minimum atomic E-state index is 0.641. The average molecular weight is 247 g/mol. The van der Waals surface area contributed by atoms with Crippen LogP contribution in [0.5, 0.6) is 0 Å². The van der Waals surface area contributed by atoms with Gasteiger partial charge in [0.05, 0.1) is 5.69 Å². The molecule has 0 spiro atoms. The minimum absolute atomic E-state index is 0.641. The summed E-state index contributed by atoms with van der Waals surface area (Å²) in [7, 11) is 2.13. The third kappa shape index (κ3) is 2.46. The lowest BCUT2D eigenvalue weighted by molar-refractivity contribution is 0.423. The van der Waals surface area contributed by atoms with Crippen LogP contribution in [0, 0.1) is 0 Å². The molecule has 3 rings (SSSR count). The third-order valence-corrected chi connectivity index (χ3v) is 4.67. The SMILES string of the molecule is Cn1nc(C2CCCNC2)cc1C1CCCCC1. The first-order chi connectivity index (χ1) is 8.84. The lowest BCUT2D eigenvalue weighted by Crippen LogP contribution is -2.28. The Balaban J connectivity index is 1.76. The lowest BCUT2D eigenvalue weighted by atomic mass is 9.86. The number of piperidine rings is 1. The van der Waals surface area contributed by atoms with Crippen molar-refractivity contribution in [1.82, 2.24) is 15.1 Å². The molecule has 18 heavy (non-hydrogen) atoms. The highest BCUT2D eigenvalue weighted by Crippen LogP contribution is 2.34. The van der Waals surface area contributed by atoms with E-state index in [4.69, 9.17) is 5.10 Å². The van der Waals surface area contributed by atoms with E-state index in [9.17, 15) is 0 Å². The first-order valence-corrected chi connectivity index (χ1v) is 7.59. The molecular formula is C15H25N3. The molecule has 1 unspecified atom stereocenters. The summed E-state index contributed by atoms with van der Waals surface area (Å²) in [5, 5.41) is 8.28. The molecule has 0 amide bonds. The molecule has 0 bridgehead atoms. The normalized spacial score (nSPS) is 26.4. The first kappa shape index (κ1) is 12.2. The molecule has 3 nitrogen and oxygen atoms in total. The zero-order valence-electron chi connectivity index (χ0n) is 11.5. The maximum atomic E-state index is 4.79. The Labute approximate surface area is 110 Å². The molecule has 0 aromatic carbocycles. The summed E-state index contributed by atoms with van der Waals surface area (Å²) in [4.78, 5) is 0. The van der Waals surface area contributed by atoms with E-state index in [0.717, 1.165) is 12.5 Å². The monoisotopic (exact) mass is 247 g/mol. The molecule has 2 heterocycles. The van der Waals surface area contributed by atoms with Crippen molar-refractivity contribution in [1.29, 1.82) is 0 Å². The van der Waals surface area contributed by atoms with Gasteiger partial charge in [0, 0.05) is 31.1 Å². The second-order valence-electron chi connectivity index (χ2n) is 6.00. The molecule has 2 aliphatic rings. The largest absolute Gasteiger partial charge is 0.316 e. The Morgan fingerprint density at radius 1 is 1.11 bits per heavy atom. The van der Waals surface area contributed by atoms with Crippen molar-refractivity contribution >= 4 is 0 Å². The van der Waals surface area contributed by atoms with Crippen LogP contribution < -0.4 is 5.32 Å². The second-order valence-corrected chi connectivity index (χ2v) is 6.00. The first-order valence-electron chi connectivity index (χ1n) is 7.59. The van der Waals surface area contributed by atoms with Gasteiger partial charge in [0.2, 0.25) is 0 Å². The van der Waals surface area contributed by atoms with Crippen LogP contribution in [0.4, 0.5) is 0 Å². The number of rotatable bonds is 2. The van der Waals surface area contributed by atoms with Crippen LogP contribution in [0.3, 0.4) is 0 Å². The highest BCUT2D eigenvalue weighted by atomic mass is 15.3. The molecule has 1 aromatic heterocycles. The van der Waals surface area contributed by atoms with E-state index in [1.54, 1.807) is 0 Å². The summed E-state index contributed by atoms with van der Waals surface area (Å²) in [5.41, 5.74) is 2.81. The quantitative estimate of drug-likeness (QED) is 0.871. The van der Waals surface area contributed by atoms with Gasteiger partial charge in [-0.1, -0.05) is 19.3 Å². The van der Waals surface area contributed by atoms with Crippen LogP contribution in [0.1, 0.15) is 68.2 Å². The molecule has 1 aliphatic heterocycles. The van der Waals surface area contributed by atoms with Crippen molar-refractivity contribution in [3.05, 3.63) is 17.5 Å². The van der Waals surface area contributed by atoms with Crippen LogP contribution in [-0.4, -0.2) is 22.9 Å². The molecule has 1 saturated carbocycles. The molecule has 1 atom stereocenters. The molecule has 1 aliphatic carbocycles. The lowest BCUT2D eigenvalue weighted by Gasteiger charge is -2.21. The average Bonchev–Trinajstić information content (AvgIpc) is 2.83. The fourth-order valence-corrected chi connectivity index (χ4v) is 3.59. The van der Waals surface area contributed by atoms with Gasteiger partial charge in [0.15, 0.2) is 0 Å². The van der Waals surface area contributed by atoms with Crippen molar-refractivity contribution in [2.75, 3.05) is 13.1 Å². The fourth-order valence-electron chi connectivity index (χ4n) is 3.59. The Kier molecular flexibility index (Phi) is 3.69. The summed E-state index contributed by atoms with van der Waals surface area (Å²) in [5.74, 6) is 1.41. The zero-order valence-corrected chi connectivity index (χ0v) is 11.5. The number of nitrogens with one attached hydrogen (secondary N) is 1. The Hall–Kier alpha value is -0.830. The van der Waals surface area contributed by atoms with Crippen molar-refractivity contribution in [2.45, 2.75) is 56.8 Å².